The largest absolute Gasteiger partial charge is 0.381 e. The maximum absolute atomic E-state index is 11.7. The van der Waals surface area contributed by atoms with E-state index in [1.807, 2.05) is 24.4 Å². The van der Waals surface area contributed by atoms with E-state index in [1.54, 1.807) is 6.21 Å². The predicted molar refractivity (Wildman–Crippen MR) is 104 cm³/mol. The number of amides is 1. The van der Waals surface area contributed by atoms with Crippen LogP contribution in [0.4, 0.5) is 0 Å². The van der Waals surface area contributed by atoms with Crippen LogP contribution in [0.5, 0.6) is 0 Å². The molecule has 0 spiro atoms. The first-order valence-electron chi connectivity index (χ1n) is 8.54. The lowest BCUT2D eigenvalue weighted by Crippen LogP contribution is -2.39. The molecule has 5 nitrogen and oxygen atoms in total. The zero-order chi connectivity index (χ0) is 18.7. The molecule has 0 fully saturated rings. The highest BCUT2D eigenvalue weighted by molar-refractivity contribution is 5.99. The molecule has 1 aromatic heterocycles. The van der Waals surface area contributed by atoms with Gasteiger partial charge in [0.15, 0.2) is 0 Å². The van der Waals surface area contributed by atoms with Crippen LogP contribution in [0.2, 0.25) is 0 Å². The summed E-state index contributed by atoms with van der Waals surface area (Å²) in [5.41, 5.74) is 5.38. The van der Waals surface area contributed by atoms with Crippen LogP contribution >= 0.6 is 0 Å². The summed E-state index contributed by atoms with van der Waals surface area (Å²) in [6.07, 6.45) is 3.63. The molecule has 3 rings (SSSR count). The zero-order valence-corrected chi connectivity index (χ0v) is 15.2. The van der Waals surface area contributed by atoms with Gasteiger partial charge >= 0.3 is 0 Å². The Hall–Kier alpha value is -2.92. The number of nitrogens with zero attached hydrogens (tertiary/aromatic N) is 2. The Balaban J connectivity index is 1.89. The first kappa shape index (κ1) is 17.9. The van der Waals surface area contributed by atoms with E-state index in [9.17, 15) is 9.90 Å². The predicted octanol–water partition coefficient (Wildman–Crippen LogP) is 3.22. The minimum absolute atomic E-state index is 0.544. The molecule has 1 heterocycles. The molecule has 0 aliphatic heterocycles. The number of carbonyl (C=O) groups is 1. The van der Waals surface area contributed by atoms with E-state index in [2.05, 4.69) is 52.3 Å². The van der Waals surface area contributed by atoms with E-state index in [-0.39, 0.29) is 0 Å². The summed E-state index contributed by atoms with van der Waals surface area (Å²) in [5, 5.41) is 14.7. The monoisotopic (exact) mass is 349 g/mol. The number of nitrogens with one attached hydrogen (secondary N) is 1. The summed E-state index contributed by atoms with van der Waals surface area (Å²) in [5.74, 6) is -0.544. The smallest absolute Gasteiger partial charge is 0.271 e. The van der Waals surface area contributed by atoms with Crippen molar-refractivity contribution in [3.63, 3.8) is 0 Å². The van der Waals surface area contributed by atoms with Crippen molar-refractivity contribution in [2.24, 2.45) is 5.10 Å². The van der Waals surface area contributed by atoms with E-state index in [4.69, 9.17) is 0 Å². The van der Waals surface area contributed by atoms with E-state index in [0.29, 0.717) is 0 Å². The number of aryl methyl sites for hydroxylation is 1. The summed E-state index contributed by atoms with van der Waals surface area (Å²) >= 11 is 0. The second kappa shape index (κ2) is 7.14. The van der Waals surface area contributed by atoms with Gasteiger partial charge in [-0.3, -0.25) is 4.79 Å². The third-order valence-electron chi connectivity index (χ3n) is 4.18. The maximum atomic E-state index is 11.7. The van der Waals surface area contributed by atoms with E-state index in [1.165, 1.54) is 25.0 Å². The van der Waals surface area contributed by atoms with Crippen molar-refractivity contribution in [1.82, 2.24) is 9.99 Å². The van der Waals surface area contributed by atoms with Crippen molar-refractivity contribution in [1.29, 1.82) is 0 Å². The number of aromatic nitrogens is 1. The lowest BCUT2D eigenvalue weighted by Gasteiger charge is -2.13. The Morgan fingerprint density at radius 1 is 1.23 bits per heavy atom. The lowest BCUT2D eigenvalue weighted by molar-refractivity contribution is -0.136. The molecule has 134 valence electrons. The number of hydrogen-bond acceptors (Lipinski definition) is 3. The van der Waals surface area contributed by atoms with Crippen LogP contribution in [0.15, 0.2) is 59.8 Å². The van der Waals surface area contributed by atoms with Gasteiger partial charge in [-0.05, 0) is 32.4 Å². The minimum Gasteiger partial charge on any atom is -0.381 e. The molecule has 26 heavy (non-hydrogen) atoms. The molecule has 1 amide bonds. The highest BCUT2D eigenvalue weighted by Gasteiger charge is 2.23. The minimum atomic E-state index is -1.46. The number of para-hydroxylation sites is 1. The van der Waals surface area contributed by atoms with Crippen molar-refractivity contribution in [3.05, 3.63) is 71.4 Å². The zero-order valence-electron chi connectivity index (χ0n) is 15.2. The van der Waals surface area contributed by atoms with Crippen molar-refractivity contribution < 1.29 is 9.90 Å². The van der Waals surface area contributed by atoms with Gasteiger partial charge in [0.05, 0.1) is 6.21 Å². The summed E-state index contributed by atoms with van der Waals surface area (Å²) in [6.45, 7) is 5.68. The molecule has 0 radical (unpaired) electrons. The highest BCUT2D eigenvalue weighted by atomic mass is 16.3. The SMILES string of the molecule is Cc1cccc(Cn2cc(/C=N/NC(=O)C(C)(C)O)c3ccccc32)c1. The fourth-order valence-electron chi connectivity index (χ4n) is 2.81. The van der Waals surface area contributed by atoms with Gasteiger partial charge < -0.3 is 9.67 Å². The summed E-state index contributed by atoms with van der Waals surface area (Å²) < 4.78 is 2.17. The van der Waals surface area contributed by atoms with Gasteiger partial charge in [-0.25, -0.2) is 5.43 Å². The lowest BCUT2D eigenvalue weighted by atomic mass is 10.1. The normalized spacial score (nSPS) is 12.0. The number of carbonyl (C=O) groups excluding carboxylic acids is 1. The Morgan fingerprint density at radius 2 is 2.00 bits per heavy atom. The van der Waals surface area contributed by atoms with Gasteiger partial charge in [0.2, 0.25) is 0 Å². The average Bonchev–Trinajstić information content (AvgIpc) is 2.92. The van der Waals surface area contributed by atoms with E-state index >= 15 is 0 Å². The highest BCUT2D eigenvalue weighted by Crippen LogP contribution is 2.21. The van der Waals surface area contributed by atoms with E-state index in [0.717, 1.165) is 23.0 Å². The molecular formula is C21H23N3O2. The maximum Gasteiger partial charge on any atom is 0.271 e. The molecule has 0 aliphatic carbocycles. The van der Waals surface area contributed by atoms with Crippen LogP contribution in [-0.2, 0) is 11.3 Å². The van der Waals surface area contributed by atoms with Crippen LogP contribution in [0, 0.1) is 6.92 Å². The van der Waals surface area contributed by atoms with E-state index < -0.39 is 11.5 Å². The number of benzene rings is 2. The molecule has 0 aliphatic rings. The summed E-state index contributed by atoms with van der Waals surface area (Å²) in [6, 6.07) is 16.5. The Labute approximate surface area is 153 Å². The molecule has 0 bridgehead atoms. The fraction of sp³-hybridized carbons (Fsp3) is 0.238. The Bertz CT molecular complexity index is 965. The van der Waals surface area contributed by atoms with Crippen LogP contribution in [0.25, 0.3) is 10.9 Å². The molecule has 0 saturated heterocycles. The topological polar surface area (TPSA) is 66.6 Å². The molecule has 5 heteroatoms. The molecule has 0 saturated carbocycles. The van der Waals surface area contributed by atoms with Gasteiger partial charge in [0, 0.05) is 29.2 Å². The van der Waals surface area contributed by atoms with Crippen molar-refractivity contribution in [3.8, 4) is 0 Å². The summed E-state index contributed by atoms with van der Waals surface area (Å²) in [7, 11) is 0. The summed E-state index contributed by atoms with van der Waals surface area (Å²) in [4.78, 5) is 11.7. The van der Waals surface area contributed by atoms with Crippen LogP contribution in [-0.4, -0.2) is 27.4 Å². The number of fused-ring (bicyclic) bond motifs is 1. The fourth-order valence-corrected chi connectivity index (χ4v) is 2.81. The molecule has 2 N–H and O–H groups in total. The Morgan fingerprint density at radius 3 is 2.73 bits per heavy atom. The van der Waals surface area contributed by atoms with Crippen molar-refractivity contribution >= 4 is 23.0 Å². The van der Waals surface area contributed by atoms with Gasteiger partial charge in [0.1, 0.15) is 5.60 Å². The number of hydrazone groups is 1. The van der Waals surface area contributed by atoms with Gasteiger partial charge in [-0.1, -0.05) is 48.0 Å². The third kappa shape index (κ3) is 4.00. The molecule has 0 unspecified atom stereocenters. The molecule has 2 aromatic carbocycles. The second-order valence-electron chi connectivity index (χ2n) is 6.98. The van der Waals surface area contributed by atoms with Gasteiger partial charge in [0.25, 0.3) is 5.91 Å². The molecule has 3 aromatic rings. The number of aliphatic hydroxyl groups is 1. The molecule has 0 atom stereocenters. The van der Waals surface area contributed by atoms with Gasteiger partial charge in [-0.2, -0.15) is 5.10 Å². The standard InChI is InChI=1S/C21H23N3O2/c1-15-7-6-8-16(11-15)13-24-14-17(18-9-4-5-10-19(18)24)12-22-23-20(25)21(2,3)26/h4-12,14,26H,13H2,1-3H3,(H,23,25)/b22-12+. The quantitative estimate of drug-likeness (QED) is 0.549. The van der Waals surface area contributed by atoms with Crippen molar-refractivity contribution in [2.45, 2.75) is 32.9 Å². The number of rotatable bonds is 5. The van der Waals surface area contributed by atoms with Gasteiger partial charge in [-0.15, -0.1) is 0 Å². The van der Waals surface area contributed by atoms with Crippen LogP contribution in [0.3, 0.4) is 0 Å². The Kier molecular flexibility index (Phi) is 4.91. The van der Waals surface area contributed by atoms with Crippen LogP contribution in [0.1, 0.15) is 30.5 Å². The first-order valence-corrected chi connectivity index (χ1v) is 8.54. The number of hydrogen-bond donors (Lipinski definition) is 2. The van der Waals surface area contributed by atoms with Crippen LogP contribution < -0.4 is 5.43 Å². The average molecular weight is 349 g/mol. The van der Waals surface area contributed by atoms with Crippen molar-refractivity contribution in [2.75, 3.05) is 0 Å². The molecular weight excluding hydrogens is 326 g/mol. The third-order valence-corrected chi connectivity index (χ3v) is 4.18. The first-order chi connectivity index (χ1) is 12.3. The second-order valence-corrected chi connectivity index (χ2v) is 6.98.